The minimum Gasteiger partial charge on any atom is -0.482 e. The highest BCUT2D eigenvalue weighted by Gasteiger charge is 2.33. The van der Waals surface area contributed by atoms with E-state index in [0.29, 0.717) is 23.9 Å². The Bertz CT molecular complexity index is 687. The quantitative estimate of drug-likeness (QED) is 0.934. The average Bonchev–Trinajstić information content (AvgIpc) is 2.59. The predicted molar refractivity (Wildman–Crippen MR) is 83.6 cm³/mol. The fourth-order valence-electron chi connectivity index (χ4n) is 2.33. The molecule has 0 bridgehead atoms. The van der Waals surface area contributed by atoms with Gasteiger partial charge in [0.2, 0.25) is 12.0 Å². The van der Waals surface area contributed by atoms with E-state index in [1.807, 2.05) is 31.2 Å². The number of rotatable bonds is 4. The van der Waals surface area contributed by atoms with Gasteiger partial charge in [-0.25, -0.2) is 4.98 Å². The Kier molecular flexibility index (Phi) is 4.32. The summed E-state index contributed by atoms with van der Waals surface area (Å²) < 4.78 is 16.5. The molecule has 6 heteroatoms. The van der Waals surface area contributed by atoms with Crippen LogP contribution in [0.4, 0.5) is 0 Å². The van der Waals surface area contributed by atoms with Crippen molar-refractivity contribution >= 4 is 5.91 Å². The third-order valence-corrected chi connectivity index (χ3v) is 3.57. The van der Waals surface area contributed by atoms with Crippen molar-refractivity contribution in [2.24, 2.45) is 0 Å². The molecule has 6 nitrogen and oxygen atoms in total. The maximum Gasteiger partial charge on any atom is 0.265 e. The summed E-state index contributed by atoms with van der Waals surface area (Å²) in [5.74, 6) is 1.55. The Balaban J connectivity index is 1.61. The zero-order valence-corrected chi connectivity index (χ0v) is 13.0. The molecule has 0 saturated heterocycles. The Labute approximate surface area is 134 Å². The number of para-hydroxylation sites is 2. The number of methoxy groups -OCH3 is 1. The van der Waals surface area contributed by atoms with E-state index in [2.05, 4.69) is 10.3 Å². The fourth-order valence-corrected chi connectivity index (χ4v) is 2.33. The van der Waals surface area contributed by atoms with Gasteiger partial charge in [0.1, 0.15) is 6.10 Å². The molecule has 0 unspecified atom stereocenters. The van der Waals surface area contributed by atoms with Gasteiger partial charge in [0.25, 0.3) is 5.91 Å². The van der Waals surface area contributed by atoms with Gasteiger partial charge < -0.3 is 19.5 Å². The summed E-state index contributed by atoms with van der Waals surface area (Å²) in [5.41, 5.74) is 0.879. The molecule has 0 radical (unpaired) electrons. The number of fused-ring (bicyclic) bond motifs is 1. The summed E-state index contributed by atoms with van der Waals surface area (Å²) in [6.45, 7) is 2.18. The Morgan fingerprint density at radius 2 is 1.96 bits per heavy atom. The molecule has 0 fully saturated rings. The lowest BCUT2D eigenvalue weighted by molar-refractivity contribution is -0.133. The van der Waals surface area contributed by atoms with Crippen LogP contribution in [0, 0.1) is 0 Å². The Morgan fingerprint density at radius 3 is 2.61 bits per heavy atom. The first-order valence-corrected chi connectivity index (χ1v) is 7.36. The van der Waals surface area contributed by atoms with Gasteiger partial charge in [0.15, 0.2) is 11.5 Å². The highest BCUT2D eigenvalue weighted by molar-refractivity contribution is 5.82. The van der Waals surface area contributed by atoms with Gasteiger partial charge in [-0.15, -0.1) is 0 Å². The van der Waals surface area contributed by atoms with Crippen LogP contribution in [0.5, 0.6) is 17.4 Å². The minimum absolute atomic E-state index is 0.220. The second-order valence-electron chi connectivity index (χ2n) is 5.23. The zero-order valence-electron chi connectivity index (χ0n) is 13.0. The number of ether oxygens (including phenoxy) is 3. The summed E-state index contributed by atoms with van der Waals surface area (Å²) in [7, 11) is 1.56. The van der Waals surface area contributed by atoms with E-state index in [-0.39, 0.29) is 12.0 Å². The molecule has 1 N–H and O–H groups in total. The monoisotopic (exact) mass is 314 g/mol. The first-order valence-electron chi connectivity index (χ1n) is 7.36. The topological polar surface area (TPSA) is 69.7 Å². The van der Waals surface area contributed by atoms with Crippen molar-refractivity contribution in [2.75, 3.05) is 7.11 Å². The van der Waals surface area contributed by atoms with Crippen molar-refractivity contribution in [1.82, 2.24) is 10.3 Å². The van der Waals surface area contributed by atoms with E-state index in [1.165, 1.54) is 0 Å². The maximum atomic E-state index is 12.4. The van der Waals surface area contributed by atoms with Crippen LogP contribution in [0.2, 0.25) is 0 Å². The zero-order chi connectivity index (χ0) is 16.2. The number of hydrogen-bond acceptors (Lipinski definition) is 5. The molecule has 0 aliphatic carbocycles. The largest absolute Gasteiger partial charge is 0.482 e. The molecule has 120 valence electrons. The number of aromatic nitrogens is 1. The molecule has 2 heterocycles. The second kappa shape index (κ2) is 6.56. The smallest absolute Gasteiger partial charge is 0.265 e. The van der Waals surface area contributed by atoms with Gasteiger partial charge in [-0.2, -0.15) is 0 Å². The van der Waals surface area contributed by atoms with E-state index in [1.54, 1.807) is 25.4 Å². The molecule has 0 saturated carbocycles. The number of amides is 1. The maximum absolute atomic E-state index is 12.4. The van der Waals surface area contributed by atoms with Crippen LogP contribution in [0.25, 0.3) is 0 Å². The van der Waals surface area contributed by atoms with E-state index in [4.69, 9.17) is 14.2 Å². The van der Waals surface area contributed by atoms with Gasteiger partial charge in [-0.1, -0.05) is 18.2 Å². The van der Waals surface area contributed by atoms with Crippen LogP contribution in [0.15, 0.2) is 42.6 Å². The molecule has 1 aromatic carbocycles. The van der Waals surface area contributed by atoms with Crippen molar-refractivity contribution in [3.63, 3.8) is 0 Å². The number of pyridine rings is 1. The van der Waals surface area contributed by atoms with Crippen LogP contribution < -0.4 is 19.5 Å². The lowest BCUT2D eigenvalue weighted by Gasteiger charge is -2.31. The van der Waals surface area contributed by atoms with Crippen LogP contribution in [0.3, 0.4) is 0 Å². The summed E-state index contributed by atoms with van der Waals surface area (Å²) in [4.78, 5) is 16.5. The van der Waals surface area contributed by atoms with E-state index in [9.17, 15) is 4.79 Å². The fraction of sp³-hybridized carbons (Fsp3) is 0.294. The van der Waals surface area contributed by atoms with Crippen molar-refractivity contribution < 1.29 is 19.0 Å². The Morgan fingerprint density at radius 1 is 1.22 bits per heavy atom. The molecule has 1 amide bonds. The summed E-state index contributed by atoms with van der Waals surface area (Å²) in [5, 5.41) is 2.84. The van der Waals surface area contributed by atoms with Gasteiger partial charge >= 0.3 is 0 Å². The van der Waals surface area contributed by atoms with Crippen molar-refractivity contribution in [2.45, 2.75) is 25.7 Å². The molecule has 1 aliphatic rings. The molecule has 23 heavy (non-hydrogen) atoms. The Hall–Kier alpha value is -2.76. The highest BCUT2D eigenvalue weighted by atomic mass is 16.6. The summed E-state index contributed by atoms with van der Waals surface area (Å²) in [6.07, 6.45) is 0.616. The third-order valence-electron chi connectivity index (χ3n) is 3.57. The predicted octanol–water partition coefficient (Wildman–Crippen LogP) is 1.93. The van der Waals surface area contributed by atoms with E-state index < -0.39 is 6.10 Å². The van der Waals surface area contributed by atoms with Crippen molar-refractivity contribution in [3.05, 3.63) is 48.2 Å². The van der Waals surface area contributed by atoms with Crippen LogP contribution in [-0.4, -0.2) is 30.2 Å². The summed E-state index contributed by atoms with van der Waals surface area (Å²) >= 11 is 0. The van der Waals surface area contributed by atoms with Crippen LogP contribution in [0.1, 0.15) is 12.5 Å². The highest BCUT2D eigenvalue weighted by Crippen LogP contribution is 2.33. The van der Waals surface area contributed by atoms with Crippen LogP contribution >= 0.6 is 0 Å². The number of benzene rings is 1. The van der Waals surface area contributed by atoms with E-state index >= 15 is 0 Å². The molecule has 3 rings (SSSR count). The molecular weight excluding hydrogens is 296 g/mol. The minimum atomic E-state index is -0.684. The normalized spacial score (nSPS) is 19.0. The van der Waals surface area contributed by atoms with E-state index in [0.717, 1.165) is 5.56 Å². The first-order chi connectivity index (χ1) is 11.2. The SMILES string of the molecule is COc1ccc(CNC(=O)[C@@H]2Oc3ccccc3O[C@@H]2C)cn1. The molecule has 2 atom stereocenters. The van der Waals surface area contributed by atoms with Crippen molar-refractivity contribution in [1.29, 1.82) is 0 Å². The lowest BCUT2D eigenvalue weighted by atomic mass is 10.1. The first kappa shape index (κ1) is 15.1. The summed E-state index contributed by atoms with van der Waals surface area (Å²) in [6, 6.07) is 10.9. The molecule has 1 aliphatic heterocycles. The number of nitrogens with zero attached hydrogens (tertiary/aromatic N) is 1. The second-order valence-corrected chi connectivity index (χ2v) is 5.23. The number of nitrogens with one attached hydrogen (secondary N) is 1. The molecular formula is C17H18N2O4. The molecule has 0 spiro atoms. The average molecular weight is 314 g/mol. The standard InChI is InChI=1S/C17H18N2O4/c1-11-16(23-14-6-4-3-5-13(14)22-11)17(20)19-10-12-7-8-15(21-2)18-9-12/h3-9,11,16H,10H2,1-2H3,(H,19,20)/t11-,16-/m1/s1. The van der Waals surface area contributed by atoms with Gasteiger partial charge in [-0.05, 0) is 24.6 Å². The third kappa shape index (κ3) is 3.36. The van der Waals surface area contributed by atoms with Gasteiger partial charge in [0, 0.05) is 18.8 Å². The molecule has 1 aromatic heterocycles. The lowest BCUT2D eigenvalue weighted by Crippen LogP contribution is -2.48. The van der Waals surface area contributed by atoms with Crippen LogP contribution in [-0.2, 0) is 11.3 Å². The number of hydrogen-bond donors (Lipinski definition) is 1. The number of carbonyl (C=O) groups is 1. The molecule has 2 aromatic rings. The number of carbonyl (C=O) groups excluding carboxylic acids is 1. The van der Waals surface area contributed by atoms with Gasteiger partial charge in [-0.3, -0.25) is 4.79 Å². The van der Waals surface area contributed by atoms with Gasteiger partial charge in [0.05, 0.1) is 7.11 Å². The van der Waals surface area contributed by atoms with Crippen molar-refractivity contribution in [3.8, 4) is 17.4 Å².